The number of benzene rings is 1. The van der Waals surface area contributed by atoms with Crippen LogP contribution in [0.3, 0.4) is 0 Å². The Bertz CT molecular complexity index is 331. The van der Waals surface area contributed by atoms with Crippen LogP contribution in [0.15, 0.2) is 24.3 Å². The second kappa shape index (κ2) is 7.19. The van der Waals surface area contributed by atoms with Crippen LogP contribution in [0.5, 0.6) is 5.75 Å². The Hall–Kier alpha value is -1.20. The highest BCUT2D eigenvalue weighted by Crippen LogP contribution is 2.23. The lowest BCUT2D eigenvalue weighted by Crippen LogP contribution is -2.04. The third-order valence-electron chi connectivity index (χ3n) is 2.29. The molecule has 0 saturated heterocycles. The molecule has 0 aliphatic carbocycles. The van der Waals surface area contributed by atoms with Gasteiger partial charge in [0.25, 0.3) is 0 Å². The van der Waals surface area contributed by atoms with Crippen molar-refractivity contribution in [3.8, 4) is 5.75 Å². The molecule has 0 aliphatic rings. The number of methoxy groups -OCH3 is 1. The summed E-state index contributed by atoms with van der Waals surface area (Å²) in [4.78, 5) is 0. The summed E-state index contributed by atoms with van der Waals surface area (Å²) in [5.41, 5.74) is 0.569. The molecule has 1 rings (SSSR count). The van der Waals surface area contributed by atoms with E-state index in [0.717, 1.165) is 0 Å². The third kappa shape index (κ3) is 5.10. The van der Waals surface area contributed by atoms with Crippen molar-refractivity contribution < 1.29 is 23.4 Å². The number of hydrogen-bond acceptors (Lipinski definition) is 3. The predicted octanol–water partition coefficient (Wildman–Crippen LogP) is 2.75. The van der Waals surface area contributed by atoms with Crippen molar-refractivity contribution in [2.75, 3.05) is 13.7 Å². The number of halogens is 2. The molecule has 17 heavy (non-hydrogen) atoms. The molecule has 0 aromatic heterocycles. The van der Waals surface area contributed by atoms with Gasteiger partial charge in [-0.15, -0.1) is 0 Å². The van der Waals surface area contributed by atoms with E-state index in [1.165, 1.54) is 12.1 Å². The fourth-order valence-electron chi connectivity index (χ4n) is 1.49. The van der Waals surface area contributed by atoms with Crippen LogP contribution in [0.2, 0.25) is 0 Å². The number of alkyl halides is 2. The summed E-state index contributed by atoms with van der Waals surface area (Å²) in [5, 5.41) is 9.81. The summed E-state index contributed by atoms with van der Waals surface area (Å²) in [6, 6.07) is 6.10. The Morgan fingerprint density at radius 1 is 1.35 bits per heavy atom. The van der Waals surface area contributed by atoms with Gasteiger partial charge in [0.05, 0.1) is 6.10 Å². The standard InChI is InChI=1S/C12H16F2O3/c1-16-7-3-6-11(15)9-4-2-5-10(8-9)17-12(13)14/h2,4-5,8,11-12,15H,3,6-7H2,1H3. The molecule has 0 aliphatic heterocycles. The summed E-state index contributed by atoms with van der Waals surface area (Å²) < 4.78 is 33.1. The van der Waals surface area contributed by atoms with Crippen LogP contribution < -0.4 is 4.74 Å². The molecule has 0 amide bonds. The first-order valence-electron chi connectivity index (χ1n) is 5.35. The number of aliphatic hydroxyl groups excluding tert-OH is 1. The van der Waals surface area contributed by atoms with Gasteiger partial charge >= 0.3 is 6.61 Å². The number of ether oxygens (including phenoxy) is 2. The Balaban J connectivity index is 2.57. The second-order valence-corrected chi connectivity index (χ2v) is 3.60. The average Bonchev–Trinajstić information content (AvgIpc) is 2.28. The number of aliphatic hydroxyl groups is 1. The summed E-state index contributed by atoms with van der Waals surface area (Å²) in [5.74, 6) is 0.0586. The fourth-order valence-corrected chi connectivity index (χ4v) is 1.49. The van der Waals surface area contributed by atoms with Crippen LogP contribution in [0.4, 0.5) is 8.78 Å². The van der Waals surface area contributed by atoms with E-state index >= 15 is 0 Å². The highest BCUT2D eigenvalue weighted by atomic mass is 19.3. The fraction of sp³-hybridized carbons (Fsp3) is 0.500. The Morgan fingerprint density at radius 2 is 2.12 bits per heavy atom. The van der Waals surface area contributed by atoms with E-state index in [1.807, 2.05) is 0 Å². The van der Waals surface area contributed by atoms with E-state index in [0.29, 0.717) is 25.0 Å². The van der Waals surface area contributed by atoms with Crippen molar-refractivity contribution in [2.24, 2.45) is 0 Å². The van der Waals surface area contributed by atoms with E-state index < -0.39 is 12.7 Å². The van der Waals surface area contributed by atoms with Gasteiger partial charge in [0, 0.05) is 13.7 Å². The van der Waals surface area contributed by atoms with E-state index in [-0.39, 0.29) is 5.75 Å². The van der Waals surface area contributed by atoms with Crippen molar-refractivity contribution in [3.63, 3.8) is 0 Å². The molecule has 96 valence electrons. The average molecular weight is 246 g/mol. The molecule has 0 saturated carbocycles. The van der Waals surface area contributed by atoms with Gasteiger partial charge < -0.3 is 14.6 Å². The molecule has 1 N–H and O–H groups in total. The quantitative estimate of drug-likeness (QED) is 0.752. The third-order valence-corrected chi connectivity index (χ3v) is 2.29. The zero-order valence-corrected chi connectivity index (χ0v) is 9.61. The summed E-state index contributed by atoms with van der Waals surface area (Å²) in [6.07, 6.45) is 0.537. The normalized spacial score (nSPS) is 12.8. The molecule has 0 bridgehead atoms. The maximum atomic E-state index is 12.0. The van der Waals surface area contributed by atoms with Crippen LogP contribution in [0.1, 0.15) is 24.5 Å². The van der Waals surface area contributed by atoms with E-state index in [2.05, 4.69) is 4.74 Å². The minimum absolute atomic E-state index is 0.0586. The topological polar surface area (TPSA) is 38.7 Å². The van der Waals surface area contributed by atoms with E-state index in [9.17, 15) is 13.9 Å². The predicted molar refractivity (Wildman–Crippen MR) is 59.1 cm³/mol. The number of hydrogen-bond donors (Lipinski definition) is 1. The minimum Gasteiger partial charge on any atom is -0.435 e. The van der Waals surface area contributed by atoms with E-state index in [4.69, 9.17) is 4.74 Å². The van der Waals surface area contributed by atoms with Crippen LogP contribution in [0, 0.1) is 0 Å². The zero-order valence-electron chi connectivity index (χ0n) is 9.61. The first kappa shape index (κ1) is 13.9. The SMILES string of the molecule is COCCCC(O)c1cccc(OC(F)F)c1. The molecule has 0 heterocycles. The lowest BCUT2D eigenvalue weighted by molar-refractivity contribution is -0.0499. The maximum absolute atomic E-state index is 12.0. The van der Waals surface area contributed by atoms with E-state index in [1.54, 1.807) is 19.2 Å². The highest BCUT2D eigenvalue weighted by Gasteiger charge is 2.10. The summed E-state index contributed by atoms with van der Waals surface area (Å²) in [7, 11) is 1.59. The molecule has 1 aromatic carbocycles. The monoisotopic (exact) mass is 246 g/mol. The van der Waals surface area contributed by atoms with Crippen LogP contribution in [-0.2, 0) is 4.74 Å². The van der Waals surface area contributed by atoms with Gasteiger partial charge in [-0.1, -0.05) is 12.1 Å². The molecule has 5 heteroatoms. The Morgan fingerprint density at radius 3 is 2.76 bits per heavy atom. The molecule has 1 atom stereocenters. The van der Waals surface area contributed by atoms with Gasteiger partial charge in [0.1, 0.15) is 5.75 Å². The number of rotatable bonds is 7. The van der Waals surface area contributed by atoms with Crippen molar-refractivity contribution in [1.29, 1.82) is 0 Å². The first-order chi connectivity index (χ1) is 8.13. The van der Waals surface area contributed by atoms with Crippen molar-refractivity contribution >= 4 is 0 Å². The zero-order chi connectivity index (χ0) is 12.7. The molecule has 1 aromatic rings. The molecule has 1 unspecified atom stereocenters. The van der Waals surface area contributed by atoms with Gasteiger partial charge in [-0.2, -0.15) is 8.78 Å². The van der Waals surface area contributed by atoms with Crippen LogP contribution in [-0.4, -0.2) is 25.4 Å². The smallest absolute Gasteiger partial charge is 0.387 e. The first-order valence-corrected chi connectivity index (χ1v) is 5.35. The molecular formula is C12H16F2O3. The molecular weight excluding hydrogens is 230 g/mol. The van der Waals surface area contributed by atoms with Crippen molar-refractivity contribution in [1.82, 2.24) is 0 Å². The molecule has 0 radical (unpaired) electrons. The van der Waals surface area contributed by atoms with Gasteiger partial charge in [0.2, 0.25) is 0 Å². The lowest BCUT2D eigenvalue weighted by atomic mass is 10.1. The summed E-state index contributed by atoms with van der Waals surface area (Å²) >= 11 is 0. The largest absolute Gasteiger partial charge is 0.435 e. The minimum atomic E-state index is -2.85. The van der Waals surface area contributed by atoms with Crippen molar-refractivity contribution in [2.45, 2.75) is 25.6 Å². The van der Waals surface area contributed by atoms with Gasteiger partial charge in [0.15, 0.2) is 0 Å². The maximum Gasteiger partial charge on any atom is 0.387 e. The molecule has 0 spiro atoms. The van der Waals surface area contributed by atoms with Crippen LogP contribution in [0.25, 0.3) is 0 Å². The van der Waals surface area contributed by atoms with Gasteiger partial charge in [-0.05, 0) is 30.5 Å². The lowest BCUT2D eigenvalue weighted by Gasteiger charge is -2.12. The van der Waals surface area contributed by atoms with Crippen molar-refractivity contribution in [3.05, 3.63) is 29.8 Å². The Kier molecular flexibility index (Phi) is 5.86. The van der Waals surface area contributed by atoms with Gasteiger partial charge in [-0.25, -0.2) is 0 Å². The second-order valence-electron chi connectivity index (χ2n) is 3.60. The Labute approximate surface area is 99.0 Å². The van der Waals surface area contributed by atoms with Gasteiger partial charge in [-0.3, -0.25) is 0 Å². The highest BCUT2D eigenvalue weighted by molar-refractivity contribution is 5.29. The van der Waals surface area contributed by atoms with Crippen LogP contribution >= 0.6 is 0 Å². The summed E-state index contributed by atoms with van der Waals surface area (Å²) in [6.45, 7) is -2.29. The molecule has 3 nitrogen and oxygen atoms in total. The molecule has 0 fully saturated rings.